The molecule has 0 aromatic carbocycles. The van der Waals surface area contributed by atoms with Crippen LogP contribution in [0.4, 0.5) is 0 Å². The molecule has 0 spiro atoms. The average molecular weight is 252 g/mol. The maximum absolute atomic E-state index is 10.2. The Morgan fingerprint density at radius 3 is 2.22 bits per heavy atom. The van der Waals surface area contributed by atoms with E-state index in [0.717, 1.165) is 12.8 Å². The first-order valence-electron chi connectivity index (χ1n) is 7.48. The molecule has 104 valence electrons. The van der Waals surface area contributed by atoms with Gasteiger partial charge in [-0.25, -0.2) is 0 Å². The highest BCUT2D eigenvalue weighted by Crippen LogP contribution is 2.81. The van der Waals surface area contributed by atoms with E-state index in [1.807, 2.05) is 0 Å². The zero-order valence-corrected chi connectivity index (χ0v) is 12.3. The number of aliphatic hydroxyl groups excluding tert-OH is 2. The predicted molar refractivity (Wildman–Crippen MR) is 72.0 cm³/mol. The quantitative estimate of drug-likeness (QED) is 0.793. The number of aliphatic hydroxyl groups is 2. The standard InChI is InChI=1S/C16H28O2/c1-13(2)7-12-11-5-6-16(10-18,14(11,3)4)15(12,8-13)9-17/h11-12,17-18H,5-10H2,1-4H3. The van der Waals surface area contributed by atoms with E-state index in [1.165, 1.54) is 12.8 Å². The highest BCUT2D eigenvalue weighted by Gasteiger charge is 2.77. The van der Waals surface area contributed by atoms with Gasteiger partial charge in [0.05, 0.1) is 0 Å². The van der Waals surface area contributed by atoms with Crippen molar-refractivity contribution in [3.05, 3.63) is 0 Å². The Morgan fingerprint density at radius 2 is 1.67 bits per heavy atom. The minimum Gasteiger partial charge on any atom is -0.396 e. The molecule has 0 aliphatic heterocycles. The second-order valence-electron chi connectivity index (χ2n) is 8.57. The van der Waals surface area contributed by atoms with Crippen molar-refractivity contribution >= 4 is 0 Å². The molecule has 2 bridgehead atoms. The van der Waals surface area contributed by atoms with Gasteiger partial charge < -0.3 is 10.2 Å². The van der Waals surface area contributed by atoms with Gasteiger partial charge in [-0.15, -0.1) is 0 Å². The molecule has 0 heterocycles. The lowest BCUT2D eigenvalue weighted by atomic mass is 9.55. The van der Waals surface area contributed by atoms with Gasteiger partial charge in [0.25, 0.3) is 0 Å². The van der Waals surface area contributed by atoms with Crippen molar-refractivity contribution in [3.8, 4) is 0 Å². The molecule has 3 fully saturated rings. The molecule has 2 N–H and O–H groups in total. The van der Waals surface area contributed by atoms with Crippen molar-refractivity contribution < 1.29 is 10.2 Å². The lowest BCUT2D eigenvalue weighted by molar-refractivity contribution is -0.0942. The average Bonchev–Trinajstić information content (AvgIpc) is 2.76. The van der Waals surface area contributed by atoms with Crippen molar-refractivity contribution in [3.63, 3.8) is 0 Å². The molecule has 2 heteroatoms. The van der Waals surface area contributed by atoms with E-state index in [4.69, 9.17) is 0 Å². The molecule has 0 radical (unpaired) electrons. The molecule has 0 aromatic rings. The molecule has 4 atom stereocenters. The fraction of sp³-hybridized carbons (Fsp3) is 1.00. The molecule has 3 rings (SSSR count). The summed E-state index contributed by atoms with van der Waals surface area (Å²) in [7, 11) is 0. The fourth-order valence-electron chi connectivity index (χ4n) is 6.70. The van der Waals surface area contributed by atoms with Crippen LogP contribution >= 0.6 is 0 Å². The van der Waals surface area contributed by atoms with E-state index in [0.29, 0.717) is 17.3 Å². The first-order chi connectivity index (χ1) is 8.26. The highest BCUT2D eigenvalue weighted by molar-refractivity contribution is 5.25. The SMILES string of the molecule is CC1(C)CC2C3CCC(CO)(C3(C)C)C2(CO)C1. The topological polar surface area (TPSA) is 40.5 Å². The molecule has 0 aromatic heterocycles. The maximum atomic E-state index is 10.2. The van der Waals surface area contributed by atoms with Crippen LogP contribution in [0.2, 0.25) is 0 Å². The maximum Gasteiger partial charge on any atom is 0.0498 e. The molecule has 3 aliphatic rings. The lowest BCUT2D eigenvalue weighted by Gasteiger charge is -2.50. The third-order valence-electron chi connectivity index (χ3n) is 7.31. The van der Waals surface area contributed by atoms with E-state index in [1.54, 1.807) is 0 Å². The van der Waals surface area contributed by atoms with Crippen molar-refractivity contribution in [2.45, 2.75) is 53.4 Å². The van der Waals surface area contributed by atoms with Gasteiger partial charge in [0, 0.05) is 24.0 Å². The number of rotatable bonds is 2. The Hall–Kier alpha value is -0.0800. The summed E-state index contributed by atoms with van der Waals surface area (Å²) in [4.78, 5) is 0. The zero-order chi connectivity index (χ0) is 13.4. The Bertz CT molecular complexity index is 373. The highest BCUT2D eigenvalue weighted by atomic mass is 16.3. The van der Waals surface area contributed by atoms with Crippen LogP contribution in [0.25, 0.3) is 0 Å². The Morgan fingerprint density at radius 1 is 1.00 bits per heavy atom. The molecule has 3 aliphatic carbocycles. The third-order valence-corrected chi connectivity index (χ3v) is 7.31. The molecular weight excluding hydrogens is 224 g/mol. The van der Waals surface area contributed by atoms with Crippen LogP contribution < -0.4 is 0 Å². The molecule has 2 nitrogen and oxygen atoms in total. The Balaban J connectivity index is 2.15. The molecule has 18 heavy (non-hydrogen) atoms. The Kier molecular flexibility index (Phi) is 2.39. The second-order valence-corrected chi connectivity index (χ2v) is 8.57. The molecule has 3 saturated carbocycles. The van der Waals surface area contributed by atoms with Crippen LogP contribution in [0.1, 0.15) is 53.4 Å². The summed E-state index contributed by atoms with van der Waals surface area (Å²) in [6.45, 7) is 9.86. The fourth-order valence-corrected chi connectivity index (χ4v) is 6.70. The van der Waals surface area contributed by atoms with Crippen molar-refractivity contribution in [1.82, 2.24) is 0 Å². The van der Waals surface area contributed by atoms with Gasteiger partial charge in [0.1, 0.15) is 0 Å². The van der Waals surface area contributed by atoms with Gasteiger partial charge in [-0.2, -0.15) is 0 Å². The van der Waals surface area contributed by atoms with E-state index in [2.05, 4.69) is 27.7 Å². The summed E-state index contributed by atoms with van der Waals surface area (Å²) >= 11 is 0. The van der Waals surface area contributed by atoms with E-state index >= 15 is 0 Å². The monoisotopic (exact) mass is 252 g/mol. The summed E-state index contributed by atoms with van der Waals surface area (Å²) in [6.07, 6.45) is 4.66. The number of hydrogen-bond acceptors (Lipinski definition) is 2. The third kappa shape index (κ3) is 1.09. The normalized spacial score (nSPS) is 51.7. The molecule has 4 unspecified atom stereocenters. The van der Waals surface area contributed by atoms with Crippen LogP contribution in [0.15, 0.2) is 0 Å². The predicted octanol–water partition coefficient (Wildman–Crippen LogP) is 2.83. The van der Waals surface area contributed by atoms with Crippen LogP contribution in [0.3, 0.4) is 0 Å². The van der Waals surface area contributed by atoms with E-state index in [9.17, 15) is 10.2 Å². The summed E-state index contributed by atoms with van der Waals surface area (Å²) in [5.74, 6) is 1.31. The van der Waals surface area contributed by atoms with Crippen LogP contribution in [-0.4, -0.2) is 23.4 Å². The largest absolute Gasteiger partial charge is 0.396 e. The van der Waals surface area contributed by atoms with Crippen LogP contribution in [0, 0.1) is 33.5 Å². The van der Waals surface area contributed by atoms with E-state index in [-0.39, 0.29) is 29.5 Å². The lowest BCUT2D eigenvalue weighted by Crippen LogP contribution is -2.50. The number of hydrogen-bond donors (Lipinski definition) is 2. The van der Waals surface area contributed by atoms with Crippen LogP contribution in [-0.2, 0) is 0 Å². The minimum absolute atomic E-state index is 0.0162. The van der Waals surface area contributed by atoms with Crippen LogP contribution in [0.5, 0.6) is 0 Å². The van der Waals surface area contributed by atoms with Gasteiger partial charge in [-0.3, -0.25) is 0 Å². The van der Waals surface area contributed by atoms with Crippen molar-refractivity contribution in [1.29, 1.82) is 0 Å². The molecule has 0 saturated heterocycles. The van der Waals surface area contributed by atoms with Crippen molar-refractivity contribution in [2.24, 2.45) is 33.5 Å². The molecule has 0 amide bonds. The van der Waals surface area contributed by atoms with Gasteiger partial charge in [-0.05, 0) is 48.3 Å². The second kappa shape index (κ2) is 3.32. The summed E-state index contributed by atoms with van der Waals surface area (Å²) in [5.41, 5.74) is 0.452. The van der Waals surface area contributed by atoms with E-state index < -0.39 is 0 Å². The van der Waals surface area contributed by atoms with Gasteiger partial charge >= 0.3 is 0 Å². The molecular formula is C16H28O2. The van der Waals surface area contributed by atoms with Crippen molar-refractivity contribution in [2.75, 3.05) is 13.2 Å². The minimum atomic E-state index is -0.0438. The summed E-state index contributed by atoms with van der Waals surface area (Å²) < 4.78 is 0. The van der Waals surface area contributed by atoms with Gasteiger partial charge in [0.2, 0.25) is 0 Å². The zero-order valence-electron chi connectivity index (χ0n) is 12.3. The van der Waals surface area contributed by atoms with Gasteiger partial charge in [0.15, 0.2) is 0 Å². The summed E-state index contributed by atoms with van der Waals surface area (Å²) in [5, 5.41) is 20.4. The summed E-state index contributed by atoms with van der Waals surface area (Å²) in [6, 6.07) is 0. The first kappa shape index (κ1) is 12.9. The smallest absolute Gasteiger partial charge is 0.0498 e. The Labute approximate surface area is 111 Å². The van der Waals surface area contributed by atoms with Gasteiger partial charge in [-0.1, -0.05) is 27.7 Å². The first-order valence-corrected chi connectivity index (χ1v) is 7.48. The number of fused-ring (bicyclic) bond motifs is 5.